The van der Waals surface area contributed by atoms with Gasteiger partial charge in [-0.1, -0.05) is 42.0 Å². The summed E-state index contributed by atoms with van der Waals surface area (Å²) in [5, 5.41) is 13.1. The lowest BCUT2D eigenvalue weighted by Crippen LogP contribution is -2.29. The molecule has 5 heteroatoms. The lowest BCUT2D eigenvalue weighted by Gasteiger charge is -2.25. The molecule has 0 bridgehead atoms. The van der Waals surface area contributed by atoms with E-state index in [2.05, 4.69) is 0 Å². The topological polar surface area (TPSA) is 57.6 Å². The molecule has 1 N–H and O–H groups in total. The summed E-state index contributed by atoms with van der Waals surface area (Å²) in [6.07, 6.45) is 0. The van der Waals surface area contributed by atoms with Crippen LogP contribution in [0.15, 0.2) is 65.6 Å². The maximum absolute atomic E-state index is 13.1. The number of hydrogen-bond acceptors (Lipinski definition) is 4. The van der Waals surface area contributed by atoms with E-state index in [0.29, 0.717) is 11.3 Å². The number of anilines is 1. The number of aryl methyl sites for hydroxylation is 3. The van der Waals surface area contributed by atoms with E-state index in [-0.39, 0.29) is 11.3 Å². The van der Waals surface area contributed by atoms with Crippen LogP contribution < -0.4 is 4.90 Å². The third-order valence-corrected chi connectivity index (χ3v) is 6.21. The molecule has 4 rings (SSSR count). The number of ketones is 1. The maximum Gasteiger partial charge on any atom is 0.300 e. The predicted octanol–water partition coefficient (Wildman–Crippen LogP) is 5.30. The van der Waals surface area contributed by atoms with Gasteiger partial charge in [-0.2, -0.15) is 0 Å². The third-order valence-electron chi connectivity index (χ3n) is 5.28. The molecule has 1 fully saturated rings. The first-order valence-electron chi connectivity index (χ1n) is 9.38. The van der Waals surface area contributed by atoms with Gasteiger partial charge in [-0.25, -0.2) is 0 Å². The van der Waals surface area contributed by atoms with Crippen molar-refractivity contribution in [2.24, 2.45) is 0 Å². The molecule has 146 valence electrons. The summed E-state index contributed by atoms with van der Waals surface area (Å²) in [5.74, 6) is -1.41. The zero-order valence-corrected chi connectivity index (χ0v) is 17.3. The number of para-hydroxylation sites is 1. The number of aliphatic hydroxyl groups is 1. The fourth-order valence-corrected chi connectivity index (χ4v) is 4.59. The minimum atomic E-state index is -0.662. The van der Waals surface area contributed by atoms with Gasteiger partial charge in [0.15, 0.2) is 0 Å². The molecule has 1 aromatic heterocycles. The van der Waals surface area contributed by atoms with Gasteiger partial charge in [0.1, 0.15) is 11.8 Å². The van der Waals surface area contributed by atoms with Crippen LogP contribution in [-0.2, 0) is 9.59 Å². The van der Waals surface area contributed by atoms with Crippen molar-refractivity contribution < 1.29 is 14.7 Å². The first-order valence-corrected chi connectivity index (χ1v) is 10.3. The predicted molar refractivity (Wildman–Crippen MR) is 116 cm³/mol. The van der Waals surface area contributed by atoms with Crippen LogP contribution in [0, 0.1) is 20.8 Å². The van der Waals surface area contributed by atoms with Gasteiger partial charge in [-0.15, -0.1) is 11.3 Å². The largest absolute Gasteiger partial charge is 0.507 e. The number of hydrogen-bond donors (Lipinski definition) is 1. The van der Waals surface area contributed by atoms with Gasteiger partial charge in [0.2, 0.25) is 0 Å². The summed E-state index contributed by atoms with van der Waals surface area (Å²) < 4.78 is 0. The molecule has 1 aliphatic heterocycles. The number of carbonyl (C=O) groups excluding carboxylic acids is 2. The molecule has 3 aromatic rings. The Morgan fingerprint density at radius 2 is 1.72 bits per heavy atom. The van der Waals surface area contributed by atoms with Crippen molar-refractivity contribution in [3.8, 4) is 0 Å². The first-order chi connectivity index (χ1) is 13.9. The smallest absolute Gasteiger partial charge is 0.300 e. The second-order valence-electron chi connectivity index (χ2n) is 7.29. The van der Waals surface area contributed by atoms with Gasteiger partial charge in [0.25, 0.3) is 11.7 Å². The molecule has 1 atom stereocenters. The van der Waals surface area contributed by atoms with Crippen molar-refractivity contribution in [2.45, 2.75) is 26.8 Å². The van der Waals surface area contributed by atoms with Gasteiger partial charge in [-0.05, 0) is 55.5 Å². The standard InChI is InChI=1S/C24H21NO3S/c1-14-10-11-15(2)17(13-14)22(26)20-21(19-9-6-12-29-19)25(24(28)23(20)27)18-8-5-4-7-16(18)3/h4-13,21,26H,1-3H3/b22-20-. The van der Waals surface area contributed by atoms with Crippen LogP contribution in [0.2, 0.25) is 0 Å². The second kappa shape index (κ2) is 7.33. The van der Waals surface area contributed by atoms with E-state index in [0.717, 1.165) is 21.6 Å². The Kier molecular flexibility index (Phi) is 4.84. The molecule has 0 spiro atoms. The SMILES string of the molecule is Cc1ccc(C)c(/C(O)=C2/C(=O)C(=O)N(c3ccccc3C)C2c2cccs2)c1. The van der Waals surface area contributed by atoms with Crippen molar-refractivity contribution in [3.05, 3.63) is 92.7 Å². The van der Waals surface area contributed by atoms with Crippen LogP contribution >= 0.6 is 11.3 Å². The van der Waals surface area contributed by atoms with Crippen LogP contribution in [0.4, 0.5) is 5.69 Å². The number of rotatable bonds is 3. The minimum absolute atomic E-state index is 0.126. The highest BCUT2D eigenvalue weighted by atomic mass is 32.1. The van der Waals surface area contributed by atoms with Gasteiger partial charge < -0.3 is 5.11 Å². The first kappa shape index (κ1) is 19.2. The van der Waals surface area contributed by atoms with Crippen LogP contribution in [0.25, 0.3) is 5.76 Å². The van der Waals surface area contributed by atoms with E-state index in [1.165, 1.54) is 16.2 Å². The Bertz CT molecular complexity index is 1140. The molecule has 0 aliphatic carbocycles. The highest BCUT2D eigenvalue weighted by Gasteiger charge is 2.47. The number of benzene rings is 2. The van der Waals surface area contributed by atoms with Crippen molar-refractivity contribution >= 4 is 34.5 Å². The van der Waals surface area contributed by atoms with Crippen LogP contribution in [0.1, 0.15) is 33.2 Å². The Morgan fingerprint density at radius 3 is 2.41 bits per heavy atom. The molecule has 1 aliphatic rings. The van der Waals surface area contributed by atoms with E-state index >= 15 is 0 Å². The van der Waals surface area contributed by atoms with E-state index in [9.17, 15) is 14.7 Å². The van der Waals surface area contributed by atoms with Crippen LogP contribution in [-0.4, -0.2) is 16.8 Å². The van der Waals surface area contributed by atoms with E-state index in [1.54, 1.807) is 0 Å². The lowest BCUT2D eigenvalue weighted by atomic mass is 9.96. The van der Waals surface area contributed by atoms with Gasteiger partial charge in [-0.3, -0.25) is 14.5 Å². The summed E-state index contributed by atoms with van der Waals surface area (Å²) in [7, 11) is 0. The molecular weight excluding hydrogens is 382 g/mol. The Hall–Kier alpha value is -3.18. The highest BCUT2D eigenvalue weighted by molar-refractivity contribution is 7.10. The molecule has 2 aromatic carbocycles. The minimum Gasteiger partial charge on any atom is -0.507 e. The summed E-state index contributed by atoms with van der Waals surface area (Å²) in [5.41, 5.74) is 4.09. The fourth-order valence-electron chi connectivity index (χ4n) is 3.77. The van der Waals surface area contributed by atoms with E-state index in [1.807, 2.05) is 80.7 Å². The average Bonchev–Trinajstić information content (AvgIpc) is 3.31. The number of aliphatic hydroxyl groups excluding tert-OH is 1. The molecular formula is C24H21NO3S. The van der Waals surface area contributed by atoms with Gasteiger partial charge in [0.05, 0.1) is 5.57 Å². The summed E-state index contributed by atoms with van der Waals surface area (Å²) in [4.78, 5) is 28.6. The molecule has 1 unspecified atom stereocenters. The quantitative estimate of drug-likeness (QED) is 0.367. The van der Waals surface area contributed by atoms with Gasteiger partial charge >= 0.3 is 0 Å². The lowest BCUT2D eigenvalue weighted by molar-refractivity contribution is -0.132. The number of carbonyl (C=O) groups is 2. The monoisotopic (exact) mass is 403 g/mol. The zero-order chi connectivity index (χ0) is 20.7. The number of amides is 1. The Labute approximate surface area is 173 Å². The Balaban J connectivity index is 1.98. The number of nitrogens with zero attached hydrogens (tertiary/aromatic N) is 1. The van der Waals surface area contributed by atoms with Gasteiger partial charge in [0, 0.05) is 16.1 Å². The van der Waals surface area contributed by atoms with Crippen molar-refractivity contribution in [3.63, 3.8) is 0 Å². The molecule has 29 heavy (non-hydrogen) atoms. The molecule has 1 amide bonds. The summed E-state index contributed by atoms with van der Waals surface area (Å²) in [6, 6.07) is 16.3. The van der Waals surface area contributed by atoms with Crippen LogP contribution in [0.3, 0.4) is 0 Å². The maximum atomic E-state index is 13.1. The molecule has 4 nitrogen and oxygen atoms in total. The highest BCUT2D eigenvalue weighted by Crippen LogP contribution is 2.44. The van der Waals surface area contributed by atoms with Crippen LogP contribution in [0.5, 0.6) is 0 Å². The molecule has 1 saturated heterocycles. The van der Waals surface area contributed by atoms with E-state index in [4.69, 9.17) is 0 Å². The van der Waals surface area contributed by atoms with Crippen molar-refractivity contribution in [1.82, 2.24) is 0 Å². The summed E-state index contributed by atoms with van der Waals surface area (Å²) >= 11 is 1.46. The molecule has 0 saturated carbocycles. The third kappa shape index (κ3) is 3.17. The summed E-state index contributed by atoms with van der Waals surface area (Å²) in [6.45, 7) is 5.72. The normalized spacial score (nSPS) is 18.4. The number of Topliss-reactive ketones (excluding diaryl/α,β-unsaturated/α-hetero) is 1. The Morgan fingerprint density at radius 1 is 0.966 bits per heavy atom. The fraction of sp³-hybridized carbons (Fsp3) is 0.167. The van der Waals surface area contributed by atoms with E-state index < -0.39 is 17.7 Å². The zero-order valence-electron chi connectivity index (χ0n) is 16.5. The van der Waals surface area contributed by atoms with Crippen molar-refractivity contribution in [1.29, 1.82) is 0 Å². The number of thiophene rings is 1. The second-order valence-corrected chi connectivity index (χ2v) is 8.27. The van der Waals surface area contributed by atoms with Crippen molar-refractivity contribution in [2.75, 3.05) is 4.90 Å². The molecule has 2 heterocycles. The average molecular weight is 404 g/mol. The molecule has 0 radical (unpaired) electrons.